The van der Waals surface area contributed by atoms with E-state index in [-0.39, 0.29) is 118 Å². The van der Waals surface area contributed by atoms with E-state index < -0.39 is 0 Å². The van der Waals surface area contributed by atoms with Crippen molar-refractivity contribution in [1.82, 2.24) is 0 Å². The van der Waals surface area contributed by atoms with Crippen molar-refractivity contribution in [2.24, 2.45) is 0 Å². The Hall–Kier alpha value is 3.58. The van der Waals surface area contributed by atoms with Gasteiger partial charge in [-0.3, -0.25) is 4.70 Å². The SMILES string of the molecule is F.[Ba+2].[H-].[H-].[La].[Zr]. The van der Waals surface area contributed by atoms with Gasteiger partial charge in [0.1, 0.15) is 0 Å². The van der Waals surface area contributed by atoms with Crippen molar-refractivity contribution in [2.45, 2.75) is 0 Å². The van der Waals surface area contributed by atoms with Gasteiger partial charge in [-0.25, -0.2) is 0 Å². The molecule has 0 heterocycles. The quantitative estimate of drug-likeness (QED) is 0.512. The Labute approximate surface area is 115 Å². The van der Waals surface area contributed by atoms with Gasteiger partial charge in [-0.1, -0.05) is 0 Å². The summed E-state index contributed by atoms with van der Waals surface area (Å²) in [6.07, 6.45) is 0. The molecule has 19 valence electrons. The fourth-order valence-corrected chi connectivity index (χ4v) is 0. The summed E-state index contributed by atoms with van der Waals surface area (Å²) in [5.74, 6) is 0. The Morgan fingerprint density at radius 3 is 1.25 bits per heavy atom. The van der Waals surface area contributed by atoms with Crippen LogP contribution >= 0.6 is 0 Å². The second-order valence-corrected chi connectivity index (χ2v) is 0. The van der Waals surface area contributed by atoms with Crippen molar-refractivity contribution < 1.29 is 69.4 Å². The Morgan fingerprint density at radius 2 is 1.25 bits per heavy atom. The first-order valence-electron chi connectivity index (χ1n) is 0. The maximum atomic E-state index is 0. The standard InChI is InChI=1S/Ba.FH.La.Zr.2H/h;1H;;;;/q+2;;;;2*-1. The predicted molar refractivity (Wildman–Crippen MR) is 10.5 cm³/mol. The number of halogens is 1. The summed E-state index contributed by atoms with van der Waals surface area (Å²) in [5.41, 5.74) is 0. The van der Waals surface area contributed by atoms with Gasteiger partial charge in [-0.2, -0.15) is 0 Å². The van der Waals surface area contributed by atoms with Crippen LogP contribution in [-0.4, -0.2) is 48.9 Å². The first-order chi connectivity index (χ1) is 0. The van der Waals surface area contributed by atoms with Crippen LogP contribution < -0.4 is 0 Å². The van der Waals surface area contributed by atoms with Crippen LogP contribution in [0.2, 0.25) is 0 Å². The Balaban J connectivity index is 0. The number of hydrogen-bond acceptors (Lipinski definition) is 0. The van der Waals surface area contributed by atoms with Gasteiger partial charge in [0.15, 0.2) is 0 Å². The molecule has 4 heteroatoms. The maximum Gasteiger partial charge on any atom is 2.00 e. The van der Waals surface area contributed by atoms with E-state index >= 15 is 0 Å². The van der Waals surface area contributed by atoms with E-state index in [9.17, 15) is 0 Å². The first-order valence-corrected chi connectivity index (χ1v) is 0. The third-order valence-electron chi connectivity index (χ3n) is 0. The molecule has 0 aliphatic rings. The van der Waals surface area contributed by atoms with Crippen LogP contribution in [0.25, 0.3) is 0 Å². The average Bonchev–Trinajstić information content (AvgIpc) is 0. The zero-order valence-electron chi connectivity index (χ0n) is 4.19. The fourth-order valence-electron chi connectivity index (χ4n) is 0. The van der Waals surface area contributed by atoms with E-state index in [1.165, 1.54) is 0 Å². The van der Waals surface area contributed by atoms with Crippen LogP contribution in [0.1, 0.15) is 2.85 Å². The molecular formula is H3BaFLaZr. The van der Waals surface area contributed by atoms with Crippen LogP contribution in [0.5, 0.6) is 0 Å². The molecule has 0 aliphatic carbocycles. The summed E-state index contributed by atoms with van der Waals surface area (Å²) in [6.45, 7) is 0. The topological polar surface area (TPSA) is 0 Å². The van der Waals surface area contributed by atoms with Gasteiger partial charge < -0.3 is 2.85 Å². The summed E-state index contributed by atoms with van der Waals surface area (Å²) >= 11 is 0. The van der Waals surface area contributed by atoms with Crippen LogP contribution in [0.4, 0.5) is 4.70 Å². The third-order valence-corrected chi connectivity index (χ3v) is 0. The second-order valence-electron chi connectivity index (χ2n) is 0. The van der Waals surface area contributed by atoms with Gasteiger partial charge in [0.2, 0.25) is 0 Å². The van der Waals surface area contributed by atoms with Gasteiger partial charge in [-0.15, -0.1) is 0 Å². The Kier molecular flexibility index (Phi) is 102. The van der Waals surface area contributed by atoms with E-state index in [0.717, 1.165) is 0 Å². The van der Waals surface area contributed by atoms with Gasteiger partial charge in [0.05, 0.1) is 0 Å². The first kappa shape index (κ1) is 25.6. The normalized spacial score (nSPS) is 0. The molecular weight excluding hydrogens is 386 g/mol. The van der Waals surface area contributed by atoms with E-state index in [0.29, 0.717) is 0 Å². The molecule has 0 spiro atoms. The van der Waals surface area contributed by atoms with Gasteiger partial charge in [0.25, 0.3) is 0 Å². The molecule has 0 saturated carbocycles. The minimum atomic E-state index is 0. The fraction of sp³-hybridized carbons (Fsp3) is 0. The molecule has 0 aromatic carbocycles. The molecule has 0 atom stereocenters. The molecule has 0 rings (SSSR count). The molecule has 4 heavy (non-hydrogen) atoms. The molecule has 0 nitrogen and oxygen atoms in total. The molecule has 0 N–H and O–H groups in total. The average molecular weight is 389 g/mol. The summed E-state index contributed by atoms with van der Waals surface area (Å²) in [7, 11) is 0. The van der Waals surface area contributed by atoms with Crippen molar-refractivity contribution in [3.05, 3.63) is 0 Å². The van der Waals surface area contributed by atoms with Gasteiger partial charge in [-0.05, 0) is 0 Å². The van der Waals surface area contributed by atoms with E-state index in [4.69, 9.17) is 0 Å². The molecule has 0 aromatic rings. The monoisotopic (exact) mass is 389 g/mol. The van der Waals surface area contributed by atoms with Crippen molar-refractivity contribution in [3.63, 3.8) is 0 Å². The van der Waals surface area contributed by atoms with E-state index in [1.807, 2.05) is 0 Å². The second kappa shape index (κ2) is 16.0. The van der Waals surface area contributed by atoms with Crippen LogP contribution in [0.3, 0.4) is 0 Å². The largest absolute Gasteiger partial charge is 2.00 e. The molecule has 0 aliphatic heterocycles. The summed E-state index contributed by atoms with van der Waals surface area (Å²) in [4.78, 5) is 0. The van der Waals surface area contributed by atoms with Crippen molar-refractivity contribution in [2.75, 3.05) is 0 Å². The molecule has 1 radical (unpaired) electrons. The van der Waals surface area contributed by atoms with Crippen LogP contribution in [0, 0.1) is 35.6 Å². The predicted octanol–water partition coefficient (Wildman–Crippen LogP) is -0.00580. The molecule has 0 unspecified atom stereocenters. The molecule has 0 aromatic heterocycles. The number of rotatable bonds is 0. The minimum Gasteiger partial charge on any atom is -1.00 e. The molecule has 0 amide bonds. The van der Waals surface area contributed by atoms with Crippen molar-refractivity contribution >= 4 is 48.9 Å². The van der Waals surface area contributed by atoms with Crippen molar-refractivity contribution in [1.29, 1.82) is 0 Å². The summed E-state index contributed by atoms with van der Waals surface area (Å²) in [6, 6.07) is 0. The van der Waals surface area contributed by atoms with Gasteiger partial charge in [0, 0.05) is 61.8 Å². The summed E-state index contributed by atoms with van der Waals surface area (Å²) in [5, 5.41) is 0. The molecule has 0 fully saturated rings. The Morgan fingerprint density at radius 1 is 1.25 bits per heavy atom. The zero-order chi connectivity index (χ0) is 0. The third kappa shape index (κ3) is 9.13. The molecule has 0 bridgehead atoms. The maximum absolute atomic E-state index is 0. The van der Waals surface area contributed by atoms with E-state index in [2.05, 4.69) is 0 Å². The molecule has 0 saturated heterocycles. The van der Waals surface area contributed by atoms with Crippen LogP contribution in [0.15, 0.2) is 0 Å². The minimum absolute atomic E-state index is 0. The number of hydrogen-bond donors (Lipinski definition) is 0. The van der Waals surface area contributed by atoms with E-state index in [1.54, 1.807) is 0 Å². The Bertz CT molecular complexity index is 13.5. The smallest absolute Gasteiger partial charge is 1.00 e. The summed E-state index contributed by atoms with van der Waals surface area (Å²) < 4.78 is 0. The van der Waals surface area contributed by atoms with Gasteiger partial charge >= 0.3 is 48.9 Å². The van der Waals surface area contributed by atoms with Crippen LogP contribution in [-0.2, 0) is 26.2 Å². The zero-order valence-corrected chi connectivity index (χ0v) is 12.7. The van der Waals surface area contributed by atoms with Crippen molar-refractivity contribution in [3.8, 4) is 0 Å².